The van der Waals surface area contributed by atoms with Crippen molar-refractivity contribution < 1.29 is 23.1 Å². The molecule has 3 N–H and O–H groups in total. The molecule has 0 aliphatic carbocycles. The third-order valence-electron chi connectivity index (χ3n) is 2.58. The van der Waals surface area contributed by atoms with Gasteiger partial charge in [-0.25, -0.2) is 4.79 Å². The van der Waals surface area contributed by atoms with E-state index in [-0.39, 0.29) is 12.0 Å². The molecule has 0 fully saturated rings. The van der Waals surface area contributed by atoms with Crippen LogP contribution in [-0.4, -0.2) is 29.9 Å². The quantitative estimate of drug-likeness (QED) is 0.790. The summed E-state index contributed by atoms with van der Waals surface area (Å²) in [4.78, 5) is 14.7. The number of halogens is 3. The topological polar surface area (TPSA) is 75.7 Å². The summed E-state index contributed by atoms with van der Waals surface area (Å²) in [6.45, 7) is 4.34. The Morgan fingerprint density at radius 1 is 1.41 bits per heavy atom. The lowest BCUT2D eigenvalue weighted by molar-refractivity contribution is -0.139. The molecule has 1 aromatic rings. The maximum atomic E-state index is 12.5. The van der Waals surface area contributed by atoms with E-state index in [1.54, 1.807) is 0 Å². The molecular weight excluding hydrogens is 297 g/mol. The molecule has 0 heterocycles. The van der Waals surface area contributed by atoms with Gasteiger partial charge in [0.2, 0.25) is 0 Å². The fourth-order valence-electron chi connectivity index (χ4n) is 1.54. The van der Waals surface area contributed by atoms with Crippen LogP contribution in [0.5, 0.6) is 0 Å². The molecule has 1 unspecified atom stereocenters. The number of hydrogen-bond donors (Lipinski definition) is 2. The zero-order valence-electron chi connectivity index (χ0n) is 12.6. The smallest absolute Gasteiger partial charge is 0.416 e. The van der Waals surface area contributed by atoms with Crippen molar-refractivity contribution in [2.24, 2.45) is 10.7 Å². The Morgan fingerprint density at radius 3 is 2.55 bits per heavy atom. The number of carboxylic acids is 1. The van der Waals surface area contributed by atoms with Gasteiger partial charge >= 0.3 is 12.1 Å². The minimum absolute atomic E-state index is 0.207. The maximum absolute atomic E-state index is 12.5. The van der Waals surface area contributed by atoms with Crippen LogP contribution >= 0.6 is 0 Å². The summed E-state index contributed by atoms with van der Waals surface area (Å²) < 4.78 is 37.5. The molecule has 1 rings (SSSR count). The molecule has 0 aliphatic rings. The second-order valence-electron chi connectivity index (χ2n) is 4.19. The van der Waals surface area contributed by atoms with Gasteiger partial charge in [0.1, 0.15) is 6.04 Å². The molecule has 4 nitrogen and oxygen atoms in total. The number of rotatable bonds is 6. The fourth-order valence-corrected chi connectivity index (χ4v) is 1.54. The number of carbonyl (C=O) groups is 1. The number of nitrogens with zero attached hydrogens (tertiary/aromatic N) is 1. The molecular formula is C15H21F3N2O2. The number of aliphatic imine (C=N–C) groups is 1. The molecule has 1 atom stereocenters. The van der Waals surface area contributed by atoms with Crippen molar-refractivity contribution in [1.82, 2.24) is 0 Å². The summed E-state index contributed by atoms with van der Waals surface area (Å²) in [5, 5.41) is 8.93. The van der Waals surface area contributed by atoms with Crippen LogP contribution in [0.1, 0.15) is 37.8 Å². The standard InChI is InChI=1S/C13H15F3N2O2.C2H6/c14-13(15,16)10-4-1-3-9(7-10)8-18-11(12(19)20)5-2-6-17;1-2/h1,3-4,7-8,11H,2,5-6,17H2,(H,19,20);1-2H3. The minimum Gasteiger partial charge on any atom is -0.480 e. The van der Waals surface area contributed by atoms with E-state index in [2.05, 4.69) is 4.99 Å². The van der Waals surface area contributed by atoms with Crippen LogP contribution in [0.25, 0.3) is 0 Å². The van der Waals surface area contributed by atoms with E-state index in [0.717, 1.165) is 18.3 Å². The molecule has 1 aromatic carbocycles. The van der Waals surface area contributed by atoms with Gasteiger partial charge in [0.05, 0.1) is 5.56 Å². The highest BCUT2D eigenvalue weighted by Crippen LogP contribution is 2.29. The summed E-state index contributed by atoms with van der Waals surface area (Å²) in [5.74, 6) is -1.12. The van der Waals surface area contributed by atoms with Gasteiger partial charge < -0.3 is 10.8 Å². The molecule has 0 aliphatic heterocycles. The van der Waals surface area contributed by atoms with Crippen LogP contribution in [0.4, 0.5) is 13.2 Å². The predicted molar refractivity (Wildman–Crippen MR) is 80.1 cm³/mol. The molecule has 0 amide bonds. The van der Waals surface area contributed by atoms with Gasteiger partial charge in [-0.05, 0) is 37.1 Å². The number of benzene rings is 1. The first-order chi connectivity index (χ1) is 10.3. The van der Waals surface area contributed by atoms with Crippen molar-refractivity contribution in [3.8, 4) is 0 Å². The fraction of sp³-hybridized carbons (Fsp3) is 0.467. The summed E-state index contributed by atoms with van der Waals surface area (Å²) in [6, 6.07) is 3.56. The maximum Gasteiger partial charge on any atom is 0.416 e. The van der Waals surface area contributed by atoms with Crippen molar-refractivity contribution in [3.05, 3.63) is 35.4 Å². The van der Waals surface area contributed by atoms with Crippen molar-refractivity contribution in [3.63, 3.8) is 0 Å². The van der Waals surface area contributed by atoms with Gasteiger partial charge in [0.15, 0.2) is 0 Å². The molecule has 7 heteroatoms. The van der Waals surface area contributed by atoms with Gasteiger partial charge in [-0.3, -0.25) is 4.99 Å². The average Bonchev–Trinajstić information content (AvgIpc) is 2.48. The van der Waals surface area contributed by atoms with Crippen molar-refractivity contribution in [1.29, 1.82) is 0 Å². The zero-order chi connectivity index (χ0) is 17.2. The van der Waals surface area contributed by atoms with E-state index >= 15 is 0 Å². The van der Waals surface area contributed by atoms with Crippen LogP contribution < -0.4 is 5.73 Å². The third kappa shape index (κ3) is 7.21. The Hall–Kier alpha value is -1.89. The summed E-state index contributed by atoms with van der Waals surface area (Å²) in [5.41, 5.74) is 4.69. The molecule has 0 radical (unpaired) electrons. The second kappa shape index (κ2) is 9.94. The number of hydrogen-bond acceptors (Lipinski definition) is 3. The van der Waals surface area contributed by atoms with E-state index in [9.17, 15) is 18.0 Å². The summed E-state index contributed by atoms with van der Waals surface area (Å²) in [6.07, 6.45) is -2.56. The van der Waals surface area contributed by atoms with E-state index in [0.29, 0.717) is 13.0 Å². The Bertz CT molecular complexity index is 488. The first-order valence-corrected chi connectivity index (χ1v) is 6.98. The zero-order valence-corrected chi connectivity index (χ0v) is 12.6. The van der Waals surface area contributed by atoms with Gasteiger partial charge in [-0.2, -0.15) is 13.2 Å². The number of alkyl halides is 3. The van der Waals surface area contributed by atoms with Crippen LogP contribution in [-0.2, 0) is 11.0 Å². The van der Waals surface area contributed by atoms with Crippen molar-refractivity contribution in [2.75, 3.05) is 6.54 Å². The third-order valence-corrected chi connectivity index (χ3v) is 2.58. The highest BCUT2D eigenvalue weighted by Gasteiger charge is 2.30. The van der Waals surface area contributed by atoms with Gasteiger partial charge in [-0.1, -0.05) is 26.0 Å². The Labute approximate surface area is 127 Å². The average molecular weight is 318 g/mol. The van der Waals surface area contributed by atoms with Crippen LogP contribution in [0, 0.1) is 0 Å². The minimum atomic E-state index is -4.43. The SMILES string of the molecule is CC.NCCCC(N=Cc1cccc(C(F)(F)F)c1)C(=O)O. The van der Waals surface area contributed by atoms with Crippen molar-refractivity contribution >= 4 is 12.2 Å². The number of carboxylic acid groups (broad SMARTS) is 1. The molecule has 0 saturated heterocycles. The Kier molecular flexibility index (Phi) is 9.09. The van der Waals surface area contributed by atoms with Crippen LogP contribution in [0.3, 0.4) is 0 Å². The van der Waals surface area contributed by atoms with Crippen LogP contribution in [0.15, 0.2) is 29.3 Å². The van der Waals surface area contributed by atoms with E-state index in [1.165, 1.54) is 12.1 Å². The predicted octanol–water partition coefficient (Wildman–Crippen LogP) is 3.34. The van der Waals surface area contributed by atoms with E-state index in [1.807, 2.05) is 13.8 Å². The monoisotopic (exact) mass is 318 g/mol. The lowest BCUT2D eigenvalue weighted by atomic mass is 10.1. The first-order valence-electron chi connectivity index (χ1n) is 6.98. The molecule has 22 heavy (non-hydrogen) atoms. The Balaban J connectivity index is 0.00000211. The normalized spacial score (nSPS) is 12.6. The molecule has 0 bridgehead atoms. The van der Waals surface area contributed by atoms with E-state index in [4.69, 9.17) is 10.8 Å². The van der Waals surface area contributed by atoms with Crippen molar-refractivity contribution in [2.45, 2.75) is 38.9 Å². The highest BCUT2D eigenvalue weighted by molar-refractivity contribution is 5.83. The summed E-state index contributed by atoms with van der Waals surface area (Å²) in [7, 11) is 0. The lowest BCUT2D eigenvalue weighted by Gasteiger charge is -2.08. The van der Waals surface area contributed by atoms with E-state index < -0.39 is 23.8 Å². The highest BCUT2D eigenvalue weighted by atomic mass is 19.4. The largest absolute Gasteiger partial charge is 0.480 e. The van der Waals surface area contributed by atoms with Gasteiger partial charge in [-0.15, -0.1) is 0 Å². The molecule has 0 spiro atoms. The number of aliphatic carboxylic acids is 1. The lowest BCUT2D eigenvalue weighted by Crippen LogP contribution is -2.19. The van der Waals surface area contributed by atoms with Gasteiger partial charge in [0.25, 0.3) is 0 Å². The van der Waals surface area contributed by atoms with Gasteiger partial charge in [0, 0.05) is 6.21 Å². The molecule has 0 aromatic heterocycles. The van der Waals surface area contributed by atoms with Crippen LogP contribution in [0.2, 0.25) is 0 Å². The summed E-state index contributed by atoms with van der Waals surface area (Å²) >= 11 is 0. The second-order valence-corrected chi connectivity index (χ2v) is 4.19. The molecule has 124 valence electrons. The first kappa shape index (κ1) is 20.1. The number of nitrogens with two attached hydrogens (primary N) is 1. The Morgan fingerprint density at radius 2 is 2.05 bits per heavy atom. The molecule has 0 saturated carbocycles.